The molecular formula is C16H22N4O. The van der Waals surface area contributed by atoms with E-state index in [1.54, 1.807) is 6.33 Å². The minimum atomic E-state index is -0.662. The average Bonchev–Trinajstić information content (AvgIpc) is 2.93. The van der Waals surface area contributed by atoms with Crippen molar-refractivity contribution in [1.82, 2.24) is 19.7 Å². The Morgan fingerprint density at radius 1 is 1.14 bits per heavy atom. The van der Waals surface area contributed by atoms with Gasteiger partial charge in [-0.15, -0.1) is 10.2 Å². The van der Waals surface area contributed by atoms with Gasteiger partial charge in [-0.25, -0.2) is 0 Å². The van der Waals surface area contributed by atoms with Crippen molar-refractivity contribution in [2.45, 2.75) is 31.9 Å². The lowest BCUT2D eigenvalue weighted by Crippen LogP contribution is -2.43. The van der Waals surface area contributed by atoms with E-state index < -0.39 is 5.60 Å². The summed E-state index contributed by atoms with van der Waals surface area (Å²) in [4.78, 5) is 2.40. The topological polar surface area (TPSA) is 54.2 Å². The van der Waals surface area contributed by atoms with Crippen molar-refractivity contribution >= 4 is 0 Å². The molecule has 0 unspecified atom stereocenters. The molecule has 2 heterocycles. The molecule has 2 aromatic rings. The van der Waals surface area contributed by atoms with Crippen molar-refractivity contribution < 1.29 is 5.11 Å². The molecule has 0 radical (unpaired) electrons. The zero-order valence-electron chi connectivity index (χ0n) is 12.4. The second-order valence-corrected chi connectivity index (χ2v) is 5.81. The van der Waals surface area contributed by atoms with Gasteiger partial charge in [0.25, 0.3) is 0 Å². The summed E-state index contributed by atoms with van der Waals surface area (Å²) in [5.74, 6) is 0.952. The van der Waals surface area contributed by atoms with Crippen LogP contribution in [0.25, 0.3) is 0 Å². The monoisotopic (exact) mass is 286 g/mol. The molecule has 21 heavy (non-hydrogen) atoms. The molecule has 1 fully saturated rings. The summed E-state index contributed by atoms with van der Waals surface area (Å²) in [6.45, 7) is 5.70. The molecule has 0 spiro atoms. The number of aromatic nitrogens is 3. The van der Waals surface area contributed by atoms with Crippen LogP contribution < -0.4 is 0 Å². The summed E-state index contributed by atoms with van der Waals surface area (Å²) in [5.41, 5.74) is 0.379. The van der Waals surface area contributed by atoms with E-state index in [4.69, 9.17) is 0 Å². The second-order valence-electron chi connectivity index (χ2n) is 5.81. The largest absolute Gasteiger partial charge is 0.385 e. The molecule has 1 aliphatic rings. The summed E-state index contributed by atoms with van der Waals surface area (Å²) in [6.07, 6.45) is 3.36. The Labute approximate surface area is 125 Å². The molecule has 0 bridgehead atoms. The van der Waals surface area contributed by atoms with Gasteiger partial charge in [-0.1, -0.05) is 30.3 Å². The van der Waals surface area contributed by atoms with E-state index >= 15 is 0 Å². The number of benzene rings is 1. The van der Waals surface area contributed by atoms with Crippen molar-refractivity contribution in [3.8, 4) is 0 Å². The molecule has 1 aromatic carbocycles. The summed E-state index contributed by atoms with van der Waals surface area (Å²) in [6, 6.07) is 10.0. The predicted molar refractivity (Wildman–Crippen MR) is 80.8 cm³/mol. The zero-order chi connectivity index (χ0) is 14.7. The maximum atomic E-state index is 10.8. The van der Waals surface area contributed by atoms with Crippen LogP contribution in [0.5, 0.6) is 0 Å². The van der Waals surface area contributed by atoms with E-state index in [1.807, 2.05) is 37.3 Å². The third-order valence-corrected chi connectivity index (χ3v) is 4.46. The van der Waals surface area contributed by atoms with Gasteiger partial charge < -0.3 is 14.6 Å². The van der Waals surface area contributed by atoms with Crippen LogP contribution in [-0.4, -0.2) is 44.4 Å². The van der Waals surface area contributed by atoms with Gasteiger partial charge in [0.05, 0.1) is 5.60 Å². The van der Waals surface area contributed by atoms with Crippen molar-refractivity contribution in [3.63, 3.8) is 0 Å². The molecule has 0 atom stereocenters. The highest BCUT2D eigenvalue weighted by atomic mass is 16.3. The molecule has 0 aliphatic carbocycles. The first-order chi connectivity index (χ1) is 10.2. The highest BCUT2D eigenvalue weighted by Crippen LogP contribution is 2.32. The molecule has 112 valence electrons. The molecule has 3 rings (SSSR count). The fraction of sp³-hybridized carbons (Fsp3) is 0.500. The Bertz CT molecular complexity index is 573. The molecule has 0 amide bonds. The Morgan fingerprint density at radius 2 is 1.86 bits per heavy atom. The van der Waals surface area contributed by atoms with E-state index in [1.165, 1.54) is 0 Å². The van der Waals surface area contributed by atoms with Crippen LogP contribution in [0, 0.1) is 6.92 Å². The van der Waals surface area contributed by atoms with Gasteiger partial charge in [0.2, 0.25) is 0 Å². The van der Waals surface area contributed by atoms with Crippen molar-refractivity contribution in [1.29, 1.82) is 0 Å². The number of hydrogen-bond acceptors (Lipinski definition) is 4. The van der Waals surface area contributed by atoms with Gasteiger partial charge in [-0.3, -0.25) is 0 Å². The van der Waals surface area contributed by atoms with E-state index in [2.05, 4.69) is 19.7 Å². The molecule has 5 nitrogen and oxygen atoms in total. The summed E-state index contributed by atoms with van der Waals surface area (Å²) >= 11 is 0. The Morgan fingerprint density at radius 3 is 2.48 bits per heavy atom. The maximum absolute atomic E-state index is 10.8. The van der Waals surface area contributed by atoms with Gasteiger partial charge in [-0.2, -0.15) is 0 Å². The number of hydrogen-bond donors (Lipinski definition) is 1. The van der Waals surface area contributed by atoms with E-state index in [0.29, 0.717) is 0 Å². The highest BCUT2D eigenvalue weighted by Gasteiger charge is 2.33. The summed E-state index contributed by atoms with van der Waals surface area (Å²) in [5, 5.41) is 18.7. The lowest BCUT2D eigenvalue weighted by Gasteiger charge is -2.38. The number of likely N-dealkylation sites (tertiary alicyclic amines) is 1. The second kappa shape index (κ2) is 5.95. The SMILES string of the molecule is Cc1nncn1CCN1CCC(O)(c2ccccc2)CC1. The number of nitrogens with zero attached hydrogens (tertiary/aromatic N) is 4. The minimum Gasteiger partial charge on any atom is -0.385 e. The average molecular weight is 286 g/mol. The lowest BCUT2D eigenvalue weighted by molar-refractivity contribution is -0.0264. The van der Waals surface area contributed by atoms with Gasteiger partial charge in [-0.05, 0) is 25.3 Å². The highest BCUT2D eigenvalue weighted by molar-refractivity contribution is 5.22. The first-order valence-corrected chi connectivity index (χ1v) is 7.52. The molecule has 1 N–H and O–H groups in total. The fourth-order valence-electron chi connectivity index (χ4n) is 2.97. The van der Waals surface area contributed by atoms with Crippen LogP contribution in [0.4, 0.5) is 0 Å². The van der Waals surface area contributed by atoms with E-state index in [-0.39, 0.29) is 0 Å². The van der Waals surface area contributed by atoms with Gasteiger partial charge in [0, 0.05) is 26.2 Å². The molecule has 5 heteroatoms. The van der Waals surface area contributed by atoms with Crippen molar-refractivity contribution in [2.75, 3.05) is 19.6 Å². The van der Waals surface area contributed by atoms with Crippen LogP contribution in [0.1, 0.15) is 24.2 Å². The van der Waals surface area contributed by atoms with E-state index in [0.717, 1.165) is 50.4 Å². The number of piperidine rings is 1. The smallest absolute Gasteiger partial charge is 0.129 e. The van der Waals surface area contributed by atoms with Crippen molar-refractivity contribution in [2.24, 2.45) is 0 Å². The standard InChI is InChI=1S/C16H22N4O/c1-14-18-17-13-20(14)12-11-19-9-7-16(21,8-10-19)15-5-3-2-4-6-15/h2-6,13,21H,7-12H2,1H3. The van der Waals surface area contributed by atoms with Crippen LogP contribution in [0.2, 0.25) is 0 Å². The number of aryl methyl sites for hydroxylation is 1. The van der Waals surface area contributed by atoms with Crippen LogP contribution in [-0.2, 0) is 12.1 Å². The van der Waals surface area contributed by atoms with E-state index in [9.17, 15) is 5.11 Å². The van der Waals surface area contributed by atoms with Gasteiger partial charge in [0.1, 0.15) is 12.2 Å². The molecule has 1 aromatic heterocycles. The third-order valence-electron chi connectivity index (χ3n) is 4.46. The quantitative estimate of drug-likeness (QED) is 0.927. The minimum absolute atomic E-state index is 0.662. The number of rotatable bonds is 4. The molecular weight excluding hydrogens is 264 g/mol. The first kappa shape index (κ1) is 14.2. The Balaban J connectivity index is 1.54. The lowest BCUT2D eigenvalue weighted by atomic mass is 9.84. The predicted octanol–water partition coefficient (Wildman–Crippen LogP) is 1.57. The third kappa shape index (κ3) is 3.14. The Kier molecular flexibility index (Phi) is 4.03. The summed E-state index contributed by atoms with van der Waals surface area (Å²) in [7, 11) is 0. The number of aliphatic hydroxyl groups is 1. The van der Waals surface area contributed by atoms with Crippen molar-refractivity contribution in [3.05, 3.63) is 48.0 Å². The molecule has 1 aliphatic heterocycles. The van der Waals surface area contributed by atoms with Crippen LogP contribution >= 0.6 is 0 Å². The molecule has 1 saturated heterocycles. The summed E-state index contributed by atoms with van der Waals surface area (Å²) < 4.78 is 2.07. The van der Waals surface area contributed by atoms with Crippen LogP contribution in [0.15, 0.2) is 36.7 Å². The zero-order valence-corrected chi connectivity index (χ0v) is 12.4. The maximum Gasteiger partial charge on any atom is 0.129 e. The Hall–Kier alpha value is -1.72. The normalized spacial score (nSPS) is 18.8. The molecule has 0 saturated carbocycles. The first-order valence-electron chi connectivity index (χ1n) is 7.52. The van der Waals surface area contributed by atoms with Gasteiger partial charge in [0.15, 0.2) is 0 Å². The fourth-order valence-corrected chi connectivity index (χ4v) is 2.97. The van der Waals surface area contributed by atoms with Gasteiger partial charge >= 0.3 is 0 Å². The van der Waals surface area contributed by atoms with Crippen LogP contribution in [0.3, 0.4) is 0 Å².